The van der Waals surface area contributed by atoms with E-state index in [1.807, 2.05) is 18.2 Å². The summed E-state index contributed by atoms with van der Waals surface area (Å²) in [5, 5.41) is 0. The van der Waals surface area contributed by atoms with E-state index in [1.54, 1.807) is 18.3 Å². The third kappa shape index (κ3) is 2.50. The normalized spacial score (nSPS) is 14.6. The highest BCUT2D eigenvalue weighted by molar-refractivity contribution is 7.85. The van der Waals surface area contributed by atoms with Gasteiger partial charge in [0.05, 0.1) is 10.6 Å². The molecular formula is C15H13NO3S. The van der Waals surface area contributed by atoms with Gasteiger partial charge in [0.25, 0.3) is 10.1 Å². The topological polar surface area (TPSA) is 67.3 Å². The molecule has 1 N–H and O–H groups in total. The fourth-order valence-corrected chi connectivity index (χ4v) is 2.92. The lowest BCUT2D eigenvalue weighted by molar-refractivity contribution is 0.483. The number of hydrogen-bond donors (Lipinski definition) is 1. The van der Waals surface area contributed by atoms with E-state index >= 15 is 0 Å². The van der Waals surface area contributed by atoms with Gasteiger partial charge in [-0.2, -0.15) is 8.42 Å². The van der Waals surface area contributed by atoms with Gasteiger partial charge in [0.2, 0.25) is 0 Å². The Morgan fingerprint density at radius 1 is 1.10 bits per heavy atom. The molecule has 102 valence electrons. The van der Waals surface area contributed by atoms with Crippen molar-refractivity contribution >= 4 is 15.7 Å². The lowest BCUT2D eigenvalue weighted by Gasteiger charge is -2.17. The average molecular weight is 287 g/mol. The molecular weight excluding hydrogens is 274 g/mol. The highest BCUT2D eigenvalue weighted by atomic mass is 32.2. The number of hydrogen-bond acceptors (Lipinski definition) is 3. The van der Waals surface area contributed by atoms with Gasteiger partial charge in [0.1, 0.15) is 0 Å². The predicted octanol–water partition coefficient (Wildman–Crippen LogP) is 2.51. The van der Waals surface area contributed by atoms with Crippen LogP contribution in [0.25, 0.3) is 5.57 Å². The van der Waals surface area contributed by atoms with E-state index in [0.717, 1.165) is 28.8 Å². The maximum atomic E-state index is 11.2. The van der Waals surface area contributed by atoms with Gasteiger partial charge in [-0.1, -0.05) is 18.2 Å². The number of nitrogens with zero attached hydrogens (tertiary/aromatic N) is 1. The van der Waals surface area contributed by atoms with E-state index in [2.05, 4.69) is 11.1 Å². The maximum absolute atomic E-state index is 11.2. The Hall–Kier alpha value is -1.98. The summed E-state index contributed by atoms with van der Waals surface area (Å²) in [5.74, 6) is 0. The Balaban J connectivity index is 1.98. The van der Waals surface area contributed by atoms with Gasteiger partial charge in [0.15, 0.2) is 0 Å². The summed E-state index contributed by atoms with van der Waals surface area (Å²) in [7, 11) is -4.15. The second-order valence-electron chi connectivity index (χ2n) is 4.73. The van der Waals surface area contributed by atoms with Gasteiger partial charge in [-0.05, 0) is 53.8 Å². The lowest BCUT2D eigenvalue weighted by atomic mass is 9.90. The van der Waals surface area contributed by atoms with Crippen LogP contribution < -0.4 is 0 Å². The number of fused-ring (bicyclic) bond motifs is 1. The smallest absolute Gasteiger partial charge is 0.282 e. The summed E-state index contributed by atoms with van der Waals surface area (Å²) in [6.07, 6.45) is 5.21. The van der Waals surface area contributed by atoms with Crippen molar-refractivity contribution in [1.29, 1.82) is 0 Å². The minimum Gasteiger partial charge on any atom is -0.282 e. The van der Waals surface area contributed by atoms with Crippen LogP contribution in [0.3, 0.4) is 0 Å². The minimum absolute atomic E-state index is 0.0569. The van der Waals surface area contributed by atoms with Crippen molar-refractivity contribution in [2.24, 2.45) is 0 Å². The molecule has 0 radical (unpaired) electrons. The van der Waals surface area contributed by atoms with Gasteiger partial charge >= 0.3 is 0 Å². The van der Waals surface area contributed by atoms with Crippen molar-refractivity contribution in [2.45, 2.75) is 17.7 Å². The van der Waals surface area contributed by atoms with Crippen molar-refractivity contribution in [1.82, 2.24) is 4.98 Å². The fraction of sp³-hybridized carbons (Fsp3) is 0.133. The van der Waals surface area contributed by atoms with Crippen LogP contribution in [0, 0.1) is 0 Å². The lowest BCUT2D eigenvalue weighted by Crippen LogP contribution is -2.06. The molecule has 0 bridgehead atoms. The second-order valence-corrected chi connectivity index (χ2v) is 6.15. The predicted molar refractivity (Wildman–Crippen MR) is 75.9 cm³/mol. The van der Waals surface area contributed by atoms with Crippen LogP contribution in [-0.2, 0) is 23.0 Å². The van der Waals surface area contributed by atoms with Crippen molar-refractivity contribution in [3.8, 4) is 0 Å². The third-order valence-electron chi connectivity index (χ3n) is 3.42. The van der Waals surface area contributed by atoms with E-state index < -0.39 is 10.1 Å². The van der Waals surface area contributed by atoms with Crippen molar-refractivity contribution in [2.75, 3.05) is 0 Å². The molecule has 0 unspecified atom stereocenters. The summed E-state index contributed by atoms with van der Waals surface area (Å²) in [6.45, 7) is 0. The number of allylic oxidation sites excluding steroid dienone is 2. The van der Waals surface area contributed by atoms with Gasteiger partial charge in [-0.3, -0.25) is 9.54 Å². The van der Waals surface area contributed by atoms with Gasteiger partial charge in [0, 0.05) is 6.20 Å². The van der Waals surface area contributed by atoms with E-state index in [0.29, 0.717) is 6.42 Å². The Kier molecular flexibility index (Phi) is 3.16. The summed E-state index contributed by atoms with van der Waals surface area (Å²) in [4.78, 5) is 4.25. The van der Waals surface area contributed by atoms with Crippen LogP contribution in [-0.4, -0.2) is 18.0 Å². The van der Waals surface area contributed by atoms with Crippen LogP contribution in [0.15, 0.2) is 53.6 Å². The molecule has 3 rings (SSSR count). The van der Waals surface area contributed by atoms with E-state index in [1.165, 1.54) is 6.07 Å². The molecule has 1 aromatic heterocycles. The zero-order valence-electron chi connectivity index (χ0n) is 10.7. The number of aromatic nitrogens is 1. The Labute approximate surface area is 117 Å². The number of benzene rings is 1. The van der Waals surface area contributed by atoms with Crippen LogP contribution in [0.1, 0.15) is 16.8 Å². The highest BCUT2D eigenvalue weighted by Gasteiger charge is 2.17. The Morgan fingerprint density at radius 2 is 1.95 bits per heavy atom. The zero-order valence-corrected chi connectivity index (χ0v) is 11.5. The summed E-state index contributed by atoms with van der Waals surface area (Å²) >= 11 is 0. The molecule has 2 aromatic rings. The molecule has 1 aromatic carbocycles. The first kappa shape index (κ1) is 13.0. The largest absolute Gasteiger partial charge is 0.294 e. The molecule has 0 fully saturated rings. The monoisotopic (exact) mass is 287 g/mol. The van der Waals surface area contributed by atoms with Crippen molar-refractivity contribution in [3.63, 3.8) is 0 Å². The molecule has 1 aliphatic rings. The fourth-order valence-electron chi connectivity index (χ4n) is 2.38. The van der Waals surface area contributed by atoms with Gasteiger partial charge < -0.3 is 0 Å². The summed E-state index contributed by atoms with van der Waals surface area (Å²) < 4.78 is 31.5. The average Bonchev–Trinajstić information content (AvgIpc) is 2.46. The SMILES string of the molecule is O=S(=O)(O)c1ccc2c(c1)CC(c1ccccn1)=CC2. The van der Waals surface area contributed by atoms with Crippen LogP contribution in [0.5, 0.6) is 0 Å². The molecule has 0 atom stereocenters. The van der Waals surface area contributed by atoms with E-state index in [4.69, 9.17) is 4.55 Å². The summed E-state index contributed by atoms with van der Waals surface area (Å²) in [5.41, 5.74) is 3.97. The summed E-state index contributed by atoms with van der Waals surface area (Å²) in [6, 6.07) is 10.5. The van der Waals surface area contributed by atoms with Gasteiger partial charge in [-0.15, -0.1) is 0 Å². The standard InChI is InChI=1S/C15H13NO3S/c17-20(18,19)14-7-6-11-4-5-12(9-13(11)10-14)15-3-1-2-8-16-15/h1-3,5-8,10H,4,9H2,(H,17,18,19). The first-order chi connectivity index (χ1) is 9.54. The second kappa shape index (κ2) is 4.85. The third-order valence-corrected chi connectivity index (χ3v) is 4.27. The molecule has 0 amide bonds. The van der Waals surface area contributed by atoms with Crippen molar-refractivity contribution < 1.29 is 13.0 Å². The van der Waals surface area contributed by atoms with Crippen LogP contribution >= 0.6 is 0 Å². The van der Waals surface area contributed by atoms with Crippen LogP contribution in [0.4, 0.5) is 0 Å². The highest BCUT2D eigenvalue weighted by Crippen LogP contribution is 2.28. The number of rotatable bonds is 2. The molecule has 1 aliphatic carbocycles. The molecule has 0 aliphatic heterocycles. The Morgan fingerprint density at radius 3 is 2.65 bits per heavy atom. The Bertz CT molecular complexity index is 780. The van der Waals surface area contributed by atoms with Crippen molar-refractivity contribution in [3.05, 3.63) is 65.5 Å². The van der Waals surface area contributed by atoms with E-state index in [9.17, 15) is 8.42 Å². The van der Waals surface area contributed by atoms with E-state index in [-0.39, 0.29) is 4.90 Å². The molecule has 4 nitrogen and oxygen atoms in total. The van der Waals surface area contributed by atoms with Gasteiger partial charge in [-0.25, -0.2) is 0 Å². The zero-order chi connectivity index (χ0) is 14.2. The molecule has 1 heterocycles. The van der Waals surface area contributed by atoms with Crippen LogP contribution in [0.2, 0.25) is 0 Å². The first-order valence-corrected chi connectivity index (χ1v) is 7.68. The molecule has 5 heteroatoms. The minimum atomic E-state index is -4.15. The quantitative estimate of drug-likeness (QED) is 0.862. The molecule has 20 heavy (non-hydrogen) atoms. The molecule has 0 saturated carbocycles. The number of pyridine rings is 1. The first-order valence-electron chi connectivity index (χ1n) is 6.24. The molecule has 0 saturated heterocycles. The maximum Gasteiger partial charge on any atom is 0.294 e. The molecule has 0 spiro atoms.